The van der Waals surface area contributed by atoms with E-state index in [-0.39, 0.29) is 11.5 Å². The molecule has 166 valence electrons. The minimum atomic E-state index is -0.160. The number of aryl methyl sites for hydroxylation is 2. The molecule has 5 heterocycles. The molecule has 0 atom stereocenters. The fraction of sp³-hybridized carbons (Fsp3) is 0.417. The molecule has 2 N–H and O–H groups in total. The molecule has 5 rings (SSSR count). The van der Waals surface area contributed by atoms with Crippen molar-refractivity contribution < 1.29 is 4.79 Å². The van der Waals surface area contributed by atoms with E-state index in [0.29, 0.717) is 17.5 Å². The zero-order valence-electron chi connectivity index (χ0n) is 18.7. The van der Waals surface area contributed by atoms with Gasteiger partial charge in [-0.15, -0.1) is 0 Å². The Morgan fingerprint density at radius 1 is 1.22 bits per heavy atom. The Kier molecular flexibility index (Phi) is 4.97. The van der Waals surface area contributed by atoms with Crippen LogP contribution in [0.15, 0.2) is 35.3 Å². The summed E-state index contributed by atoms with van der Waals surface area (Å²) in [7, 11) is 1.62. The summed E-state index contributed by atoms with van der Waals surface area (Å²) in [6.45, 7) is 8.89. The molecule has 0 unspecified atom stereocenters. The van der Waals surface area contributed by atoms with Crippen molar-refractivity contribution in [1.82, 2.24) is 25.2 Å². The first-order valence-electron chi connectivity index (χ1n) is 11.1. The van der Waals surface area contributed by atoms with E-state index in [9.17, 15) is 9.59 Å². The van der Waals surface area contributed by atoms with Crippen molar-refractivity contribution >= 4 is 22.6 Å². The molecule has 0 radical (unpaired) electrons. The first-order valence-corrected chi connectivity index (χ1v) is 11.1. The lowest BCUT2D eigenvalue weighted by Crippen LogP contribution is -2.72. The fourth-order valence-electron chi connectivity index (χ4n) is 5.06. The number of rotatable bonds is 5. The molecule has 0 saturated carbocycles. The largest absolute Gasteiger partial charge is 0.369 e. The van der Waals surface area contributed by atoms with E-state index >= 15 is 0 Å². The van der Waals surface area contributed by atoms with E-state index in [1.807, 2.05) is 38.2 Å². The predicted octanol–water partition coefficient (Wildman–Crippen LogP) is 1.87. The van der Waals surface area contributed by atoms with Gasteiger partial charge in [0.15, 0.2) is 0 Å². The van der Waals surface area contributed by atoms with Gasteiger partial charge in [-0.25, -0.2) is 4.98 Å². The lowest BCUT2D eigenvalue weighted by atomic mass is 9.72. The number of hydrogen-bond donors (Lipinski definition) is 2. The van der Waals surface area contributed by atoms with Crippen molar-refractivity contribution in [2.45, 2.75) is 26.8 Å². The van der Waals surface area contributed by atoms with Crippen LogP contribution in [-0.4, -0.2) is 59.0 Å². The molecule has 1 amide bonds. The summed E-state index contributed by atoms with van der Waals surface area (Å²) >= 11 is 0. The highest BCUT2D eigenvalue weighted by Crippen LogP contribution is 2.43. The number of hydrogen-bond acceptors (Lipinski definition) is 6. The van der Waals surface area contributed by atoms with Gasteiger partial charge in [0.1, 0.15) is 5.69 Å². The number of aromatic amines is 1. The Balaban J connectivity index is 1.19. The Morgan fingerprint density at radius 3 is 2.69 bits per heavy atom. The van der Waals surface area contributed by atoms with Crippen molar-refractivity contribution in [3.05, 3.63) is 63.3 Å². The zero-order chi connectivity index (χ0) is 22.5. The van der Waals surface area contributed by atoms with E-state index in [1.54, 1.807) is 13.1 Å². The SMILES string of the molecule is CCc1cc2ncc(CN3CC4(C3)CN(c3ccc(C(=O)NC)nc3C)C4)cc2[nH]c1=O. The van der Waals surface area contributed by atoms with Crippen LogP contribution in [0.2, 0.25) is 0 Å². The highest BCUT2D eigenvalue weighted by atomic mass is 16.1. The zero-order valence-corrected chi connectivity index (χ0v) is 18.7. The van der Waals surface area contributed by atoms with Gasteiger partial charge < -0.3 is 15.2 Å². The fourth-order valence-corrected chi connectivity index (χ4v) is 5.06. The van der Waals surface area contributed by atoms with Crippen molar-refractivity contribution in [1.29, 1.82) is 0 Å². The molecule has 0 aromatic carbocycles. The molecule has 8 heteroatoms. The standard InChI is InChI=1S/C24H28N6O2/c1-4-17-8-19-20(28-22(17)31)7-16(9-26-19)10-29-11-24(12-29)13-30(14-24)21-6-5-18(23(32)25-3)27-15(21)2/h5-9H,4,10-14H2,1-3H3,(H,25,32)(H,28,31). The highest BCUT2D eigenvalue weighted by Gasteiger charge is 2.51. The number of nitrogens with zero attached hydrogens (tertiary/aromatic N) is 4. The smallest absolute Gasteiger partial charge is 0.269 e. The number of anilines is 1. The minimum Gasteiger partial charge on any atom is -0.369 e. The molecule has 32 heavy (non-hydrogen) atoms. The summed E-state index contributed by atoms with van der Waals surface area (Å²) in [5, 5.41) is 2.62. The molecule has 1 spiro atoms. The maximum atomic E-state index is 12.1. The van der Waals surface area contributed by atoms with Gasteiger partial charge in [0.2, 0.25) is 0 Å². The Labute approximate surface area is 186 Å². The van der Waals surface area contributed by atoms with Gasteiger partial charge in [-0.05, 0) is 43.2 Å². The second-order valence-electron chi connectivity index (χ2n) is 9.13. The van der Waals surface area contributed by atoms with E-state index in [1.165, 1.54) is 0 Å². The first kappa shape index (κ1) is 20.6. The first-order chi connectivity index (χ1) is 15.4. The Hall–Kier alpha value is -3.26. The van der Waals surface area contributed by atoms with Crippen LogP contribution in [0, 0.1) is 12.3 Å². The predicted molar refractivity (Wildman–Crippen MR) is 124 cm³/mol. The molecule has 2 fully saturated rings. The van der Waals surface area contributed by atoms with Crippen LogP contribution < -0.4 is 15.8 Å². The number of likely N-dealkylation sites (tertiary alicyclic amines) is 1. The average Bonchev–Trinajstić information content (AvgIpc) is 2.73. The summed E-state index contributed by atoms with van der Waals surface area (Å²) in [5.74, 6) is -0.160. The van der Waals surface area contributed by atoms with E-state index < -0.39 is 0 Å². The number of carbonyl (C=O) groups is 1. The lowest BCUT2D eigenvalue weighted by Gasteiger charge is -2.61. The molecule has 8 nitrogen and oxygen atoms in total. The van der Waals surface area contributed by atoms with Crippen molar-refractivity contribution in [2.75, 3.05) is 38.1 Å². The van der Waals surface area contributed by atoms with E-state index in [2.05, 4.69) is 30.1 Å². The maximum absolute atomic E-state index is 12.1. The molecule has 0 aliphatic carbocycles. The minimum absolute atomic E-state index is 0.0236. The van der Waals surface area contributed by atoms with Crippen LogP contribution in [0.1, 0.15) is 34.2 Å². The quantitative estimate of drug-likeness (QED) is 0.639. The van der Waals surface area contributed by atoms with Crippen LogP contribution in [0.25, 0.3) is 11.0 Å². The van der Waals surface area contributed by atoms with Gasteiger partial charge in [0, 0.05) is 56.9 Å². The van der Waals surface area contributed by atoms with Crippen LogP contribution in [-0.2, 0) is 13.0 Å². The van der Waals surface area contributed by atoms with Crippen molar-refractivity contribution in [3.63, 3.8) is 0 Å². The van der Waals surface area contributed by atoms with E-state index in [0.717, 1.165) is 66.3 Å². The summed E-state index contributed by atoms with van der Waals surface area (Å²) in [6.07, 6.45) is 2.62. The Bertz CT molecular complexity index is 1250. The van der Waals surface area contributed by atoms with Gasteiger partial charge in [0.25, 0.3) is 11.5 Å². The lowest BCUT2D eigenvalue weighted by molar-refractivity contribution is -0.0274. The number of aromatic nitrogens is 3. The Morgan fingerprint density at radius 2 is 2.00 bits per heavy atom. The summed E-state index contributed by atoms with van der Waals surface area (Å²) in [6, 6.07) is 7.73. The number of fused-ring (bicyclic) bond motifs is 1. The number of amides is 1. The summed E-state index contributed by atoms with van der Waals surface area (Å²) in [5.41, 5.74) is 6.29. The van der Waals surface area contributed by atoms with Crippen LogP contribution >= 0.6 is 0 Å². The van der Waals surface area contributed by atoms with Crippen molar-refractivity contribution in [2.24, 2.45) is 5.41 Å². The van der Waals surface area contributed by atoms with Gasteiger partial charge in [-0.3, -0.25) is 19.5 Å². The summed E-state index contributed by atoms with van der Waals surface area (Å²) in [4.78, 5) is 40.6. The van der Waals surface area contributed by atoms with Crippen LogP contribution in [0.3, 0.4) is 0 Å². The van der Waals surface area contributed by atoms with Crippen molar-refractivity contribution in [3.8, 4) is 0 Å². The molecule has 3 aromatic heterocycles. The number of H-pyrrole nitrogens is 1. The topological polar surface area (TPSA) is 94.2 Å². The number of carbonyl (C=O) groups excluding carboxylic acids is 1. The van der Waals surface area contributed by atoms with Crippen LogP contribution in [0.5, 0.6) is 0 Å². The van der Waals surface area contributed by atoms with Gasteiger partial charge in [-0.1, -0.05) is 6.92 Å². The second kappa shape index (κ2) is 7.70. The molecule has 3 aromatic rings. The molecule has 2 saturated heterocycles. The molecular weight excluding hydrogens is 404 g/mol. The third kappa shape index (κ3) is 3.54. The molecular formula is C24H28N6O2. The number of pyridine rings is 3. The number of nitrogens with one attached hydrogen (secondary N) is 2. The monoisotopic (exact) mass is 432 g/mol. The summed E-state index contributed by atoms with van der Waals surface area (Å²) < 4.78 is 0. The van der Waals surface area contributed by atoms with Gasteiger partial charge in [0.05, 0.1) is 22.4 Å². The molecule has 2 aliphatic rings. The maximum Gasteiger partial charge on any atom is 0.269 e. The third-order valence-corrected chi connectivity index (χ3v) is 6.64. The van der Waals surface area contributed by atoms with Crippen LogP contribution in [0.4, 0.5) is 5.69 Å². The second-order valence-corrected chi connectivity index (χ2v) is 9.13. The molecule has 0 bridgehead atoms. The normalized spacial score (nSPS) is 17.3. The average molecular weight is 433 g/mol. The molecule has 2 aliphatic heterocycles. The highest BCUT2D eigenvalue weighted by molar-refractivity contribution is 5.92. The third-order valence-electron chi connectivity index (χ3n) is 6.64. The van der Waals surface area contributed by atoms with E-state index in [4.69, 9.17) is 0 Å². The van der Waals surface area contributed by atoms with Gasteiger partial charge in [-0.2, -0.15) is 0 Å². The van der Waals surface area contributed by atoms with Gasteiger partial charge >= 0.3 is 0 Å².